The summed E-state index contributed by atoms with van der Waals surface area (Å²) in [6, 6.07) is 3.43. The van der Waals surface area contributed by atoms with Crippen molar-refractivity contribution in [1.29, 1.82) is 0 Å². The molecule has 4 heterocycles. The summed E-state index contributed by atoms with van der Waals surface area (Å²) in [5, 5.41) is 0.698. The van der Waals surface area contributed by atoms with E-state index < -0.39 is 17.8 Å². The van der Waals surface area contributed by atoms with E-state index in [1.54, 1.807) is 19.9 Å². The van der Waals surface area contributed by atoms with Gasteiger partial charge in [-0.15, -0.1) is 0 Å². The number of hydrogen-bond acceptors (Lipinski definition) is 6. The van der Waals surface area contributed by atoms with Crippen molar-refractivity contribution in [1.82, 2.24) is 19.9 Å². The Kier molecular flexibility index (Phi) is 5.26. The van der Waals surface area contributed by atoms with Crippen molar-refractivity contribution < 1.29 is 22.7 Å². The number of carbonyl (C=O) groups is 1. The molecule has 4 rings (SSSR count). The zero-order chi connectivity index (χ0) is 22.3. The molecule has 1 unspecified atom stereocenters. The van der Waals surface area contributed by atoms with E-state index in [1.165, 1.54) is 17.2 Å². The third-order valence-electron chi connectivity index (χ3n) is 5.44. The molecule has 3 aromatic heterocycles. The van der Waals surface area contributed by atoms with Gasteiger partial charge in [0.25, 0.3) is 5.91 Å². The maximum atomic E-state index is 13.2. The van der Waals surface area contributed by atoms with Gasteiger partial charge in [0.2, 0.25) is 0 Å². The minimum absolute atomic E-state index is 0.310. The minimum atomic E-state index is -4.47. The molecule has 3 aromatic rings. The van der Waals surface area contributed by atoms with Gasteiger partial charge in [-0.25, -0.2) is 9.97 Å². The Hall–Kier alpha value is -3.27. The van der Waals surface area contributed by atoms with Gasteiger partial charge >= 0.3 is 6.18 Å². The fourth-order valence-corrected chi connectivity index (χ4v) is 3.70. The van der Waals surface area contributed by atoms with E-state index in [4.69, 9.17) is 10.5 Å². The van der Waals surface area contributed by atoms with Gasteiger partial charge in [-0.2, -0.15) is 13.2 Å². The molecule has 31 heavy (non-hydrogen) atoms. The zero-order valence-electron chi connectivity index (χ0n) is 16.9. The summed E-state index contributed by atoms with van der Waals surface area (Å²) in [5.41, 5.74) is 7.93. The molecule has 0 radical (unpaired) electrons. The number of nitrogen functional groups attached to an aromatic ring is 1. The molecule has 0 spiro atoms. The number of nitrogens with two attached hydrogens (primary N) is 1. The van der Waals surface area contributed by atoms with E-state index >= 15 is 0 Å². The fraction of sp³-hybridized carbons (Fsp3) is 0.333. The summed E-state index contributed by atoms with van der Waals surface area (Å²) in [4.78, 5) is 27.3. The fourth-order valence-electron chi connectivity index (χ4n) is 3.70. The van der Waals surface area contributed by atoms with Crippen molar-refractivity contribution in [2.75, 3.05) is 12.3 Å². The van der Waals surface area contributed by atoms with Crippen LogP contribution in [0.15, 0.2) is 30.6 Å². The number of rotatable bonds is 4. The molecule has 0 aliphatic carbocycles. The van der Waals surface area contributed by atoms with E-state index in [2.05, 4.69) is 15.0 Å². The number of alkyl halides is 3. The molecule has 1 aliphatic rings. The Morgan fingerprint density at radius 1 is 1.23 bits per heavy atom. The van der Waals surface area contributed by atoms with E-state index in [0.717, 1.165) is 23.4 Å². The van der Waals surface area contributed by atoms with Crippen LogP contribution >= 0.6 is 0 Å². The van der Waals surface area contributed by atoms with Crippen molar-refractivity contribution in [3.8, 4) is 0 Å². The number of fused-ring (bicyclic) bond motifs is 3. The first kappa shape index (κ1) is 21.0. The highest BCUT2D eigenvalue weighted by Gasteiger charge is 2.31. The van der Waals surface area contributed by atoms with Crippen LogP contribution in [0.25, 0.3) is 11.0 Å². The van der Waals surface area contributed by atoms with E-state index in [-0.39, 0.29) is 5.91 Å². The number of halogens is 3. The Bertz CT molecular complexity index is 1150. The predicted molar refractivity (Wildman–Crippen MR) is 107 cm³/mol. The van der Waals surface area contributed by atoms with Crippen LogP contribution in [0.1, 0.15) is 52.6 Å². The highest BCUT2D eigenvalue weighted by molar-refractivity contribution is 5.98. The smallest absolute Gasteiger partial charge is 0.383 e. The SMILES string of the molecule is CCN(C(=O)c1cnc2nc(N)c3c(c2c1)COC3)C(C)c1ccc(C(F)(F)F)cn1. The lowest BCUT2D eigenvalue weighted by Crippen LogP contribution is -2.34. The van der Waals surface area contributed by atoms with Gasteiger partial charge in [-0.05, 0) is 37.6 Å². The lowest BCUT2D eigenvalue weighted by molar-refractivity contribution is -0.137. The van der Waals surface area contributed by atoms with E-state index in [1.807, 2.05) is 0 Å². The van der Waals surface area contributed by atoms with Crippen LogP contribution in [-0.4, -0.2) is 32.3 Å². The van der Waals surface area contributed by atoms with Crippen molar-refractivity contribution in [2.45, 2.75) is 39.3 Å². The first-order valence-corrected chi connectivity index (χ1v) is 9.69. The summed E-state index contributed by atoms with van der Waals surface area (Å²) in [6.45, 7) is 4.57. The van der Waals surface area contributed by atoms with Crippen molar-refractivity contribution in [3.05, 3.63) is 58.5 Å². The highest BCUT2D eigenvalue weighted by atomic mass is 19.4. The predicted octanol–water partition coefficient (Wildman–Crippen LogP) is 3.88. The summed E-state index contributed by atoms with van der Waals surface area (Å²) in [5.74, 6) is 0.0550. The van der Waals surface area contributed by atoms with Crippen LogP contribution in [0.5, 0.6) is 0 Å². The molecular formula is C21H20F3N5O2. The zero-order valence-corrected chi connectivity index (χ0v) is 16.9. The third-order valence-corrected chi connectivity index (χ3v) is 5.44. The Morgan fingerprint density at radius 2 is 1.97 bits per heavy atom. The Labute approximate surface area is 176 Å². The topological polar surface area (TPSA) is 94.2 Å². The van der Waals surface area contributed by atoms with E-state index in [0.29, 0.717) is 47.9 Å². The van der Waals surface area contributed by atoms with Gasteiger partial charge in [0.05, 0.1) is 36.1 Å². The largest absolute Gasteiger partial charge is 0.417 e. The van der Waals surface area contributed by atoms with Gasteiger partial charge < -0.3 is 15.4 Å². The van der Waals surface area contributed by atoms with Gasteiger partial charge in [0.1, 0.15) is 5.82 Å². The lowest BCUT2D eigenvalue weighted by atomic mass is 10.0. The average molecular weight is 431 g/mol. The molecule has 1 atom stereocenters. The summed E-state index contributed by atoms with van der Waals surface area (Å²) in [7, 11) is 0. The molecule has 0 bridgehead atoms. The number of ether oxygens (including phenoxy) is 1. The monoisotopic (exact) mass is 431 g/mol. The van der Waals surface area contributed by atoms with Crippen LogP contribution in [0.2, 0.25) is 0 Å². The van der Waals surface area contributed by atoms with Gasteiger partial charge in [-0.1, -0.05) is 0 Å². The average Bonchev–Trinajstić information content (AvgIpc) is 3.24. The molecule has 7 nitrogen and oxygen atoms in total. The quantitative estimate of drug-likeness (QED) is 0.674. The van der Waals surface area contributed by atoms with Crippen LogP contribution in [-0.2, 0) is 24.1 Å². The first-order valence-electron chi connectivity index (χ1n) is 9.69. The molecule has 0 saturated carbocycles. The van der Waals surface area contributed by atoms with Crippen molar-refractivity contribution in [2.24, 2.45) is 0 Å². The van der Waals surface area contributed by atoms with Gasteiger partial charge in [0.15, 0.2) is 5.65 Å². The van der Waals surface area contributed by atoms with Crippen LogP contribution < -0.4 is 5.73 Å². The number of nitrogens with zero attached hydrogens (tertiary/aromatic N) is 4. The third kappa shape index (κ3) is 3.78. The summed E-state index contributed by atoms with van der Waals surface area (Å²) >= 11 is 0. The van der Waals surface area contributed by atoms with Crippen LogP contribution in [0.4, 0.5) is 19.0 Å². The summed E-state index contributed by atoms with van der Waals surface area (Å²) in [6.07, 6.45) is -2.26. The second-order valence-corrected chi connectivity index (χ2v) is 7.28. The number of amides is 1. The lowest BCUT2D eigenvalue weighted by Gasteiger charge is -2.28. The maximum Gasteiger partial charge on any atom is 0.417 e. The van der Waals surface area contributed by atoms with Crippen LogP contribution in [0, 0.1) is 0 Å². The number of anilines is 1. The molecule has 1 amide bonds. The highest BCUT2D eigenvalue weighted by Crippen LogP contribution is 2.32. The van der Waals surface area contributed by atoms with Crippen molar-refractivity contribution in [3.63, 3.8) is 0 Å². The second-order valence-electron chi connectivity index (χ2n) is 7.28. The molecule has 0 saturated heterocycles. The standard InChI is InChI=1S/C21H20F3N5O2/c1-3-29(11(2)17-5-4-13(8-26-17)21(22,23)24)20(30)12-6-14-15-9-31-10-16(15)18(25)28-19(14)27-7-12/h4-8,11H,3,9-10H2,1-2H3,(H2,25,27,28). The Morgan fingerprint density at radius 3 is 2.61 bits per heavy atom. The van der Waals surface area contributed by atoms with E-state index in [9.17, 15) is 18.0 Å². The number of hydrogen-bond donors (Lipinski definition) is 1. The van der Waals surface area contributed by atoms with Gasteiger partial charge in [-0.3, -0.25) is 9.78 Å². The molecule has 10 heteroatoms. The second kappa shape index (κ2) is 7.77. The maximum absolute atomic E-state index is 13.2. The minimum Gasteiger partial charge on any atom is -0.383 e. The molecule has 1 aliphatic heterocycles. The number of carbonyl (C=O) groups excluding carboxylic acids is 1. The molecule has 0 aromatic carbocycles. The molecule has 2 N–H and O–H groups in total. The Balaban J connectivity index is 1.65. The first-order chi connectivity index (χ1) is 14.7. The summed E-state index contributed by atoms with van der Waals surface area (Å²) < 4.78 is 43.9. The van der Waals surface area contributed by atoms with Crippen molar-refractivity contribution >= 4 is 22.8 Å². The molecule has 0 fully saturated rings. The number of pyridine rings is 3. The molecule has 162 valence electrons. The number of aromatic nitrogens is 3. The normalized spacial score (nSPS) is 14.5. The molecular weight excluding hydrogens is 411 g/mol. The van der Waals surface area contributed by atoms with Crippen LogP contribution in [0.3, 0.4) is 0 Å². The van der Waals surface area contributed by atoms with Gasteiger partial charge in [0, 0.05) is 29.9 Å².